The number of thiocarbonyl (C=S) groups is 1. The summed E-state index contributed by atoms with van der Waals surface area (Å²) in [5.41, 5.74) is 2.20. The van der Waals surface area contributed by atoms with E-state index in [0.717, 1.165) is 21.4 Å². The van der Waals surface area contributed by atoms with Crippen LogP contribution in [0.25, 0.3) is 0 Å². The van der Waals surface area contributed by atoms with Gasteiger partial charge in [0.05, 0.1) is 11.7 Å². The van der Waals surface area contributed by atoms with Crippen molar-refractivity contribution in [2.45, 2.75) is 29.0 Å². The Morgan fingerprint density at radius 1 is 1.12 bits per heavy atom. The van der Waals surface area contributed by atoms with Gasteiger partial charge in [-0.3, -0.25) is 4.98 Å². The molecule has 1 N–H and O–H groups in total. The zero-order chi connectivity index (χ0) is 18.1. The number of nitrogens with zero attached hydrogens (tertiary/aromatic N) is 2. The van der Waals surface area contributed by atoms with Gasteiger partial charge in [-0.2, -0.15) is 0 Å². The Morgan fingerprint density at radius 3 is 2.65 bits per heavy atom. The lowest BCUT2D eigenvalue weighted by Gasteiger charge is -2.21. The maximum atomic E-state index is 6.17. The van der Waals surface area contributed by atoms with Crippen LogP contribution in [-0.2, 0) is 0 Å². The summed E-state index contributed by atoms with van der Waals surface area (Å²) in [7, 11) is 1.98. The van der Waals surface area contributed by atoms with E-state index in [2.05, 4.69) is 41.5 Å². The lowest BCUT2D eigenvalue weighted by molar-refractivity contribution is 0.289. The number of aromatic nitrogens is 1. The number of rotatable bonds is 4. The van der Waals surface area contributed by atoms with Crippen LogP contribution in [-0.4, -0.2) is 22.0 Å². The number of hydrogen-bond acceptors (Lipinski definition) is 4. The maximum absolute atomic E-state index is 6.17. The first-order chi connectivity index (χ1) is 12.6. The molecule has 4 rings (SSSR count). The molecule has 26 heavy (non-hydrogen) atoms. The molecule has 0 aliphatic carbocycles. The standard InChI is InChI=1S/C20H19N3OS2/c1-13-6-8-14(9-7-13)26-17-11-10-16(24-17)19-18(22-20(25)23(19)2)15-5-3-4-12-21-15/h3-12,18-19H,1-2H3,(H,22,25)/t18-,19-/m0/s1. The van der Waals surface area contributed by atoms with Gasteiger partial charge in [0.25, 0.3) is 0 Å². The molecule has 4 nitrogen and oxygen atoms in total. The van der Waals surface area contributed by atoms with Gasteiger partial charge in [0.15, 0.2) is 10.2 Å². The third-order valence-corrected chi connectivity index (χ3v) is 5.81. The summed E-state index contributed by atoms with van der Waals surface area (Å²) in [5.74, 6) is 0.880. The molecule has 1 saturated heterocycles. The summed E-state index contributed by atoms with van der Waals surface area (Å²) in [6.07, 6.45) is 1.80. The second-order valence-corrected chi connectivity index (χ2v) is 7.77. The lowest BCUT2D eigenvalue weighted by atomic mass is 10.0. The van der Waals surface area contributed by atoms with Crippen molar-refractivity contribution in [1.29, 1.82) is 0 Å². The van der Waals surface area contributed by atoms with Crippen molar-refractivity contribution in [3.63, 3.8) is 0 Å². The van der Waals surface area contributed by atoms with E-state index in [9.17, 15) is 0 Å². The van der Waals surface area contributed by atoms with E-state index in [1.54, 1.807) is 18.0 Å². The van der Waals surface area contributed by atoms with Crippen molar-refractivity contribution in [3.05, 3.63) is 77.8 Å². The normalized spacial score (nSPS) is 19.6. The SMILES string of the molecule is Cc1ccc(Sc2ccc([C@H]3[C@H](c4ccccn4)NC(=S)N3C)o2)cc1. The summed E-state index contributed by atoms with van der Waals surface area (Å²) in [6.45, 7) is 2.09. The third-order valence-electron chi connectivity index (χ3n) is 4.47. The molecule has 2 aromatic heterocycles. The number of likely N-dealkylation sites (N-methyl/N-ethyl adjacent to an activating group) is 1. The van der Waals surface area contributed by atoms with Crippen LogP contribution in [0.3, 0.4) is 0 Å². The van der Waals surface area contributed by atoms with Crippen molar-refractivity contribution >= 4 is 29.1 Å². The van der Waals surface area contributed by atoms with Crippen LogP contribution in [0.1, 0.15) is 29.1 Å². The van der Waals surface area contributed by atoms with Gasteiger partial charge in [-0.1, -0.05) is 35.5 Å². The zero-order valence-corrected chi connectivity index (χ0v) is 16.2. The van der Waals surface area contributed by atoms with Crippen molar-refractivity contribution in [2.75, 3.05) is 7.05 Å². The molecule has 0 amide bonds. The van der Waals surface area contributed by atoms with E-state index in [0.29, 0.717) is 5.11 Å². The maximum Gasteiger partial charge on any atom is 0.170 e. The molecule has 1 fully saturated rings. The van der Waals surface area contributed by atoms with Gasteiger partial charge < -0.3 is 14.6 Å². The largest absolute Gasteiger partial charge is 0.452 e. The van der Waals surface area contributed by atoms with Crippen molar-refractivity contribution < 1.29 is 4.42 Å². The van der Waals surface area contributed by atoms with E-state index in [4.69, 9.17) is 16.6 Å². The fourth-order valence-electron chi connectivity index (χ4n) is 3.09. The minimum atomic E-state index is -0.0305. The van der Waals surface area contributed by atoms with Crippen LogP contribution < -0.4 is 5.32 Å². The molecule has 2 atom stereocenters. The molecule has 1 aromatic carbocycles. The Kier molecular flexibility index (Phi) is 4.70. The summed E-state index contributed by atoms with van der Waals surface area (Å²) in [6, 6.07) is 18.3. The lowest BCUT2D eigenvalue weighted by Crippen LogP contribution is -2.24. The fourth-order valence-corrected chi connectivity index (χ4v) is 4.10. The fraction of sp³-hybridized carbons (Fsp3) is 0.200. The number of hydrogen-bond donors (Lipinski definition) is 1. The van der Waals surface area contributed by atoms with Gasteiger partial charge in [0.2, 0.25) is 0 Å². The number of pyridine rings is 1. The van der Waals surface area contributed by atoms with Crippen LogP contribution >= 0.6 is 24.0 Å². The molecule has 0 unspecified atom stereocenters. The van der Waals surface area contributed by atoms with E-state index in [-0.39, 0.29) is 12.1 Å². The molecule has 6 heteroatoms. The smallest absolute Gasteiger partial charge is 0.170 e. The average molecular weight is 382 g/mol. The molecule has 1 aliphatic heterocycles. The Hall–Kier alpha value is -2.31. The summed E-state index contributed by atoms with van der Waals surface area (Å²) in [4.78, 5) is 7.69. The van der Waals surface area contributed by atoms with E-state index in [1.165, 1.54) is 5.56 Å². The molecule has 0 spiro atoms. The van der Waals surface area contributed by atoms with Gasteiger partial charge in [-0.05, 0) is 55.5 Å². The van der Waals surface area contributed by atoms with Crippen LogP contribution in [0, 0.1) is 6.92 Å². The van der Waals surface area contributed by atoms with Gasteiger partial charge in [-0.25, -0.2) is 0 Å². The van der Waals surface area contributed by atoms with E-state index >= 15 is 0 Å². The summed E-state index contributed by atoms with van der Waals surface area (Å²) >= 11 is 7.08. The number of nitrogens with one attached hydrogen (secondary N) is 1. The molecule has 0 bridgehead atoms. The molecule has 132 valence electrons. The highest BCUT2D eigenvalue weighted by atomic mass is 32.2. The van der Waals surface area contributed by atoms with Crippen LogP contribution in [0.5, 0.6) is 0 Å². The Labute approximate surface area is 162 Å². The molecular formula is C20H19N3OS2. The Morgan fingerprint density at radius 2 is 1.92 bits per heavy atom. The molecular weight excluding hydrogens is 362 g/mol. The monoisotopic (exact) mass is 381 g/mol. The first-order valence-corrected chi connectivity index (χ1v) is 9.63. The van der Waals surface area contributed by atoms with Gasteiger partial charge in [0, 0.05) is 18.1 Å². The molecule has 3 heterocycles. The number of aryl methyl sites for hydroxylation is 1. The highest BCUT2D eigenvalue weighted by Crippen LogP contribution is 2.40. The summed E-state index contributed by atoms with van der Waals surface area (Å²) < 4.78 is 6.17. The predicted octanol–water partition coefficient (Wildman–Crippen LogP) is 4.74. The first-order valence-electron chi connectivity index (χ1n) is 8.40. The third kappa shape index (κ3) is 3.34. The van der Waals surface area contributed by atoms with E-state index < -0.39 is 0 Å². The van der Waals surface area contributed by atoms with Gasteiger partial charge in [-0.15, -0.1) is 0 Å². The number of benzene rings is 1. The van der Waals surface area contributed by atoms with Crippen molar-refractivity contribution in [1.82, 2.24) is 15.2 Å². The van der Waals surface area contributed by atoms with Gasteiger partial charge >= 0.3 is 0 Å². The zero-order valence-electron chi connectivity index (χ0n) is 14.5. The Bertz CT molecular complexity index is 908. The van der Waals surface area contributed by atoms with E-state index in [1.807, 2.05) is 42.3 Å². The Balaban J connectivity index is 1.60. The van der Waals surface area contributed by atoms with Gasteiger partial charge in [0.1, 0.15) is 11.8 Å². The predicted molar refractivity (Wildman–Crippen MR) is 107 cm³/mol. The van der Waals surface area contributed by atoms with Crippen molar-refractivity contribution in [2.24, 2.45) is 0 Å². The average Bonchev–Trinajstić information content (AvgIpc) is 3.22. The summed E-state index contributed by atoms with van der Waals surface area (Å²) in [5, 5.41) is 4.94. The molecule has 0 saturated carbocycles. The highest BCUT2D eigenvalue weighted by Gasteiger charge is 2.39. The van der Waals surface area contributed by atoms with Crippen LogP contribution in [0.2, 0.25) is 0 Å². The quantitative estimate of drug-likeness (QED) is 0.659. The topological polar surface area (TPSA) is 41.3 Å². The minimum absolute atomic E-state index is 0.0234. The minimum Gasteiger partial charge on any atom is -0.452 e. The number of furan rings is 1. The molecule has 0 radical (unpaired) electrons. The second-order valence-electron chi connectivity index (χ2n) is 6.31. The first kappa shape index (κ1) is 17.1. The highest BCUT2D eigenvalue weighted by molar-refractivity contribution is 7.99. The second kappa shape index (κ2) is 7.13. The van der Waals surface area contributed by atoms with Crippen LogP contribution in [0.4, 0.5) is 0 Å². The van der Waals surface area contributed by atoms with Crippen LogP contribution in [0.15, 0.2) is 75.2 Å². The molecule has 3 aromatic rings. The van der Waals surface area contributed by atoms with Crippen molar-refractivity contribution in [3.8, 4) is 0 Å². The molecule has 1 aliphatic rings.